The molecule has 0 aliphatic carbocycles. The van der Waals surface area contributed by atoms with Crippen molar-refractivity contribution in [3.63, 3.8) is 0 Å². The highest BCUT2D eigenvalue weighted by atomic mass is 16.5. The van der Waals surface area contributed by atoms with Crippen LogP contribution in [0.4, 0.5) is 11.4 Å². The number of nitriles is 2. The van der Waals surface area contributed by atoms with E-state index in [4.69, 9.17) is 23.1 Å². The molecule has 0 unspecified atom stereocenters. The van der Waals surface area contributed by atoms with Crippen molar-refractivity contribution >= 4 is 11.4 Å². The Labute approximate surface area is 198 Å². The van der Waals surface area contributed by atoms with E-state index in [9.17, 15) is 5.26 Å². The molecule has 0 aromatic heterocycles. The molecule has 5 nitrogen and oxygen atoms in total. The maximum Gasteiger partial charge on any atom is 0.194 e. The standard InChI is InChI=1S/C29H16N4O/c1-32-28-14-5-21(16-29(28)33-2)15-20-3-6-22(7-4-20)23-8-11-26(12-9-23)34-27-13-10-24(18-30)25(17-27)19-31/h3-14,16-17H,15H2. The topological polar surface area (TPSA) is 65.5 Å². The molecule has 0 spiro atoms. The van der Waals surface area contributed by atoms with E-state index in [1.54, 1.807) is 30.3 Å². The van der Waals surface area contributed by atoms with E-state index in [1.807, 2.05) is 54.6 Å². The molecule has 0 atom stereocenters. The Morgan fingerprint density at radius 2 is 1.21 bits per heavy atom. The maximum absolute atomic E-state index is 9.17. The van der Waals surface area contributed by atoms with Crippen molar-refractivity contribution in [1.82, 2.24) is 0 Å². The lowest BCUT2D eigenvalue weighted by atomic mass is 10.00. The molecular weight excluding hydrogens is 420 g/mol. The van der Waals surface area contributed by atoms with Gasteiger partial charge in [-0.05, 0) is 53.4 Å². The van der Waals surface area contributed by atoms with Gasteiger partial charge in [-0.2, -0.15) is 10.5 Å². The fourth-order valence-electron chi connectivity index (χ4n) is 3.54. The van der Waals surface area contributed by atoms with Gasteiger partial charge in [0.1, 0.15) is 23.6 Å². The van der Waals surface area contributed by atoms with Crippen LogP contribution in [0.15, 0.2) is 84.9 Å². The number of hydrogen-bond donors (Lipinski definition) is 0. The molecule has 0 bridgehead atoms. The van der Waals surface area contributed by atoms with Crippen molar-refractivity contribution < 1.29 is 4.74 Å². The van der Waals surface area contributed by atoms with Crippen LogP contribution >= 0.6 is 0 Å². The maximum atomic E-state index is 9.17. The third-order valence-corrected chi connectivity index (χ3v) is 5.30. The molecule has 158 valence electrons. The van der Waals surface area contributed by atoms with Crippen LogP contribution in [0.25, 0.3) is 20.8 Å². The smallest absolute Gasteiger partial charge is 0.194 e. The number of ether oxygens (including phenoxy) is 1. The highest BCUT2D eigenvalue weighted by Crippen LogP contribution is 2.31. The second kappa shape index (κ2) is 9.84. The Balaban J connectivity index is 1.46. The zero-order valence-electron chi connectivity index (χ0n) is 18.0. The Hall–Kier alpha value is -5.36. The zero-order valence-corrected chi connectivity index (χ0v) is 18.0. The van der Waals surface area contributed by atoms with E-state index in [0.29, 0.717) is 34.9 Å². The van der Waals surface area contributed by atoms with E-state index < -0.39 is 0 Å². The van der Waals surface area contributed by atoms with Crippen molar-refractivity contribution in [1.29, 1.82) is 10.5 Å². The van der Waals surface area contributed by atoms with Crippen LogP contribution in [0.2, 0.25) is 0 Å². The number of hydrogen-bond acceptors (Lipinski definition) is 3. The molecule has 4 aromatic rings. The van der Waals surface area contributed by atoms with Crippen LogP contribution in [-0.4, -0.2) is 0 Å². The molecule has 34 heavy (non-hydrogen) atoms. The van der Waals surface area contributed by atoms with Gasteiger partial charge in [-0.15, -0.1) is 0 Å². The van der Waals surface area contributed by atoms with Crippen molar-refractivity contribution in [2.24, 2.45) is 0 Å². The summed E-state index contributed by atoms with van der Waals surface area (Å²) in [5.41, 5.74) is 5.57. The highest BCUT2D eigenvalue weighted by Gasteiger charge is 2.07. The first kappa shape index (κ1) is 21.9. The Kier molecular flexibility index (Phi) is 6.33. The molecule has 0 fully saturated rings. The minimum absolute atomic E-state index is 0.282. The monoisotopic (exact) mass is 436 g/mol. The summed E-state index contributed by atoms with van der Waals surface area (Å²) >= 11 is 0. The molecule has 5 heteroatoms. The SMILES string of the molecule is [C-]#[N+]c1ccc(Cc2ccc(-c3ccc(Oc4ccc(C#N)c(C#N)c4)cc3)cc2)cc1[N+]#[C-]. The van der Waals surface area contributed by atoms with Gasteiger partial charge in [-0.3, -0.25) is 9.69 Å². The summed E-state index contributed by atoms with van der Waals surface area (Å²) in [6.07, 6.45) is 0.684. The van der Waals surface area contributed by atoms with E-state index in [0.717, 1.165) is 22.3 Å². The molecule has 4 aromatic carbocycles. The minimum atomic E-state index is 0.282. The molecule has 0 aliphatic rings. The normalized spacial score (nSPS) is 9.76. The van der Waals surface area contributed by atoms with E-state index in [2.05, 4.69) is 21.8 Å². The highest BCUT2D eigenvalue weighted by molar-refractivity contribution is 5.71. The fourth-order valence-corrected chi connectivity index (χ4v) is 3.54. The van der Waals surface area contributed by atoms with Crippen molar-refractivity contribution in [2.45, 2.75) is 6.42 Å². The lowest BCUT2D eigenvalue weighted by Crippen LogP contribution is -1.89. The van der Waals surface area contributed by atoms with Gasteiger partial charge in [0.25, 0.3) is 0 Å². The summed E-state index contributed by atoms with van der Waals surface area (Å²) in [6, 6.07) is 30.0. The van der Waals surface area contributed by atoms with Crippen LogP contribution in [0.3, 0.4) is 0 Å². The Morgan fingerprint density at radius 1 is 0.618 bits per heavy atom. The summed E-state index contributed by atoms with van der Waals surface area (Å²) in [5.74, 6) is 1.13. The first-order valence-corrected chi connectivity index (χ1v) is 10.3. The van der Waals surface area contributed by atoms with Crippen LogP contribution in [0, 0.1) is 35.8 Å². The first-order chi connectivity index (χ1) is 16.6. The lowest BCUT2D eigenvalue weighted by Gasteiger charge is -2.09. The fraction of sp³-hybridized carbons (Fsp3) is 0.0345. The van der Waals surface area contributed by atoms with E-state index in [-0.39, 0.29) is 5.56 Å². The first-order valence-electron chi connectivity index (χ1n) is 10.3. The third-order valence-electron chi connectivity index (χ3n) is 5.30. The molecule has 0 saturated heterocycles. The van der Waals surface area contributed by atoms with Crippen molar-refractivity contribution in [3.8, 4) is 34.8 Å². The predicted octanol–water partition coefficient (Wildman–Crippen LogP) is 7.58. The summed E-state index contributed by atoms with van der Waals surface area (Å²) < 4.78 is 5.83. The number of rotatable bonds is 5. The molecule has 4 rings (SSSR count). The van der Waals surface area contributed by atoms with Crippen LogP contribution in [0.1, 0.15) is 22.3 Å². The molecule has 0 aliphatic heterocycles. The average Bonchev–Trinajstić information content (AvgIpc) is 2.89. The van der Waals surface area contributed by atoms with E-state index in [1.165, 1.54) is 0 Å². The molecule has 0 heterocycles. The Bertz CT molecular complexity index is 1410. The van der Waals surface area contributed by atoms with Gasteiger partial charge in [0, 0.05) is 0 Å². The van der Waals surface area contributed by atoms with E-state index >= 15 is 0 Å². The molecule has 0 amide bonds. The average molecular weight is 436 g/mol. The van der Waals surface area contributed by atoms with Crippen molar-refractivity contribution in [3.05, 3.63) is 130 Å². The third kappa shape index (κ3) is 4.76. The van der Waals surface area contributed by atoms with Gasteiger partial charge in [-0.1, -0.05) is 60.2 Å². The second-order valence-electron chi connectivity index (χ2n) is 7.48. The summed E-state index contributed by atoms with van der Waals surface area (Å²) in [5, 5.41) is 18.2. The molecule has 0 N–H and O–H groups in total. The molecule has 0 saturated carbocycles. The Morgan fingerprint density at radius 3 is 1.82 bits per heavy atom. The van der Waals surface area contributed by atoms with Crippen LogP contribution < -0.4 is 4.74 Å². The lowest BCUT2D eigenvalue weighted by molar-refractivity contribution is 0.482. The van der Waals surface area contributed by atoms with Crippen LogP contribution in [0.5, 0.6) is 11.5 Å². The largest absolute Gasteiger partial charge is 0.457 e. The summed E-state index contributed by atoms with van der Waals surface area (Å²) in [7, 11) is 0. The predicted molar refractivity (Wildman–Crippen MR) is 130 cm³/mol. The summed E-state index contributed by atoms with van der Waals surface area (Å²) in [6.45, 7) is 14.4. The number of nitrogens with zero attached hydrogens (tertiary/aromatic N) is 4. The minimum Gasteiger partial charge on any atom is -0.457 e. The van der Waals surface area contributed by atoms with Gasteiger partial charge < -0.3 is 4.74 Å². The molecule has 0 radical (unpaired) electrons. The van der Waals surface area contributed by atoms with Crippen molar-refractivity contribution in [2.75, 3.05) is 0 Å². The zero-order chi connectivity index (χ0) is 23.9. The summed E-state index contributed by atoms with van der Waals surface area (Å²) in [4.78, 5) is 6.83. The second-order valence-corrected chi connectivity index (χ2v) is 7.48. The number of benzene rings is 4. The van der Waals surface area contributed by atoms with Gasteiger partial charge in [-0.25, -0.2) is 0 Å². The molecular formula is C29H16N4O. The van der Waals surface area contributed by atoms with Gasteiger partial charge in [0.05, 0.1) is 24.3 Å². The van der Waals surface area contributed by atoms with Gasteiger partial charge in [0.15, 0.2) is 11.4 Å². The quantitative estimate of drug-likeness (QED) is 0.303. The van der Waals surface area contributed by atoms with Gasteiger partial charge >= 0.3 is 0 Å². The van der Waals surface area contributed by atoms with Crippen LogP contribution in [-0.2, 0) is 6.42 Å². The van der Waals surface area contributed by atoms with Gasteiger partial charge in [0.2, 0.25) is 0 Å².